The molecule has 2 aromatic rings. The first-order chi connectivity index (χ1) is 13.8. The summed E-state index contributed by atoms with van der Waals surface area (Å²) in [6, 6.07) is 12.3. The second kappa shape index (κ2) is 8.00. The van der Waals surface area contributed by atoms with Gasteiger partial charge in [-0.05, 0) is 38.1 Å². The van der Waals surface area contributed by atoms with Crippen LogP contribution in [0.1, 0.15) is 24.2 Å². The van der Waals surface area contributed by atoms with Crippen LogP contribution in [0.25, 0.3) is 0 Å². The molecule has 1 aliphatic rings. The van der Waals surface area contributed by atoms with Crippen molar-refractivity contribution in [3.8, 4) is 5.75 Å². The summed E-state index contributed by atoms with van der Waals surface area (Å²) in [6.45, 7) is 2.91. The minimum Gasteiger partial charge on any atom is -0.472 e. The topological polar surface area (TPSA) is 105 Å². The second-order valence-electron chi connectivity index (χ2n) is 6.49. The van der Waals surface area contributed by atoms with Gasteiger partial charge in [0.2, 0.25) is 0 Å². The fourth-order valence-corrected chi connectivity index (χ4v) is 4.58. The minimum absolute atomic E-state index is 0.248. The van der Waals surface area contributed by atoms with Crippen LogP contribution in [0.3, 0.4) is 0 Å². The van der Waals surface area contributed by atoms with Gasteiger partial charge in [0.05, 0.1) is 18.4 Å². The van der Waals surface area contributed by atoms with E-state index >= 15 is 0 Å². The number of carbonyl (C=O) groups is 2. The molecule has 9 nitrogen and oxygen atoms in total. The number of hydrogen-bond donors (Lipinski definition) is 1. The molecule has 1 N–H and O–H groups in total. The van der Waals surface area contributed by atoms with Gasteiger partial charge in [-0.3, -0.25) is 10.1 Å². The Morgan fingerprint density at radius 2 is 1.86 bits per heavy atom. The molecule has 2 amide bonds. The lowest BCUT2D eigenvalue weighted by Gasteiger charge is -2.38. The maximum absolute atomic E-state index is 13.1. The highest BCUT2D eigenvalue weighted by Crippen LogP contribution is 2.33. The molecule has 1 heterocycles. The highest BCUT2D eigenvalue weighted by molar-refractivity contribution is 7.91. The first-order valence-corrected chi connectivity index (χ1v) is 10.2. The Kier molecular flexibility index (Phi) is 5.64. The number of fused-ring (bicyclic) bond motifs is 1. The maximum atomic E-state index is 13.1. The Hall–Kier alpha value is -3.27. The molecule has 0 aliphatic carbocycles. The van der Waals surface area contributed by atoms with Crippen molar-refractivity contribution in [1.29, 1.82) is 0 Å². The third-order valence-electron chi connectivity index (χ3n) is 4.21. The summed E-state index contributed by atoms with van der Waals surface area (Å²) in [6.07, 6.45) is -0.638. The van der Waals surface area contributed by atoms with Crippen LogP contribution in [0.5, 0.6) is 5.75 Å². The van der Waals surface area contributed by atoms with Crippen LogP contribution < -0.4 is 14.4 Å². The molecule has 0 aromatic heterocycles. The summed E-state index contributed by atoms with van der Waals surface area (Å²) in [5, 5.41) is 2.50. The smallest absolute Gasteiger partial charge is 0.411 e. The molecule has 2 aromatic carbocycles. The number of nitrogens with zero attached hydrogens (tertiary/aromatic N) is 2. The number of nitrogens with one attached hydrogen (secondary N) is 1. The normalized spacial score (nSPS) is 15.1. The van der Waals surface area contributed by atoms with Crippen molar-refractivity contribution in [3.05, 3.63) is 54.1 Å². The van der Waals surface area contributed by atoms with E-state index in [1.165, 1.54) is 13.2 Å². The van der Waals surface area contributed by atoms with Crippen molar-refractivity contribution in [3.63, 3.8) is 0 Å². The number of ether oxygens (including phenoxy) is 2. The van der Waals surface area contributed by atoms with Gasteiger partial charge in [-0.1, -0.05) is 18.2 Å². The Morgan fingerprint density at radius 3 is 2.55 bits per heavy atom. The van der Waals surface area contributed by atoms with E-state index in [0.29, 0.717) is 11.4 Å². The molecule has 3 rings (SSSR count). The molecule has 0 spiro atoms. The van der Waals surface area contributed by atoms with Crippen molar-refractivity contribution in [2.45, 2.75) is 19.9 Å². The van der Waals surface area contributed by atoms with Gasteiger partial charge in [0.1, 0.15) is 5.75 Å². The van der Waals surface area contributed by atoms with Gasteiger partial charge < -0.3 is 9.47 Å². The van der Waals surface area contributed by atoms with Gasteiger partial charge in [-0.15, -0.1) is 0 Å². The molecule has 0 fully saturated rings. The zero-order chi connectivity index (χ0) is 21.2. The van der Waals surface area contributed by atoms with Gasteiger partial charge >= 0.3 is 16.3 Å². The van der Waals surface area contributed by atoms with Crippen LogP contribution in [-0.4, -0.2) is 44.6 Å². The van der Waals surface area contributed by atoms with E-state index in [1.807, 2.05) is 0 Å². The molecule has 0 atom stereocenters. The molecular formula is C19H21N3O6S. The number of hydrogen-bond acceptors (Lipinski definition) is 6. The summed E-state index contributed by atoms with van der Waals surface area (Å²) in [5.74, 6) is -0.240. The number of carbonyl (C=O) groups excluding carboxylic acids is 2. The second-order valence-corrected chi connectivity index (χ2v) is 8.22. The van der Waals surface area contributed by atoms with E-state index in [2.05, 4.69) is 10.1 Å². The lowest BCUT2D eigenvalue weighted by molar-refractivity contribution is 0.0830. The van der Waals surface area contributed by atoms with Crippen LogP contribution in [0, 0.1) is 0 Å². The molecule has 1 aliphatic heterocycles. The molecule has 154 valence electrons. The van der Waals surface area contributed by atoms with E-state index in [0.717, 1.165) is 8.61 Å². The first-order valence-electron chi connectivity index (χ1n) is 8.79. The molecule has 10 heteroatoms. The van der Waals surface area contributed by atoms with Crippen LogP contribution in [0.2, 0.25) is 0 Å². The Morgan fingerprint density at radius 1 is 1.14 bits per heavy atom. The molecule has 0 unspecified atom stereocenters. The quantitative estimate of drug-likeness (QED) is 0.799. The fraction of sp³-hybridized carbons (Fsp3) is 0.263. The number of anilines is 2. The van der Waals surface area contributed by atoms with Crippen LogP contribution >= 0.6 is 0 Å². The summed E-state index contributed by atoms with van der Waals surface area (Å²) in [4.78, 5) is 24.0. The van der Waals surface area contributed by atoms with Gasteiger partial charge in [-0.25, -0.2) is 13.4 Å². The molecule has 0 radical (unpaired) electrons. The van der Waals surface area contributed by atoms with Gasteiger partial charge in [0.15, 0.2) is 6.73 Å². The lowest BCUT2D eigenvalue weighted by atomic mass is 10.1. The Bertz CT molecular complexity index is 1040. The van der Waals surface area contributed by atoms with Crippen molar-refractivity contribution in [1.82, 2.24) is 4.31 Å². The largest absolute Gasteiger partial charge is 0.472 e. The molecule has 0 bridgehead atoms. The van der Waals surface area contributed by atoms with Crippen LogP contribution in [0.4, 0.5) is 16.2 Å². The predicted molar refractivity (Wildman–Crippen MR) is 107 cm³/mol. The van der Waals surface area contributed by atoms with Crippen molar-refractivity contribution >= 4 is 33.6 Å². The van der Waals surface area contributed by atoms with Gasteiger partial charge in [-0.2, -0.15) is 8.42 Å². The number of benzene rings is 2. The highest BCUT2D eigenvalue weighted by Gasteiger charge is 2.43. The third-order valence-corrected chi connectivity index (χ3v) is 6.16. The van der Waals surface area contributed by atoms with Crippen LogP contribution in [0.15, 0.2) is 48.5 Å². The molecular weight excluding hydrogens is 398 g/mol. The maximum Gasteiger partial charge on any atom is 0.411 e. The number of amides is 2. The van der Waals surface area contributed by atoms with Crippen molar-refractivity contribution < 1.29 is 27.5 Å². The average molecular weight is 419 g/mol. The summed E-state index contributed by atoms with van der Waals surface area (Å²) >= 11 is 0. The number of rotatable bonds is 5. The van der Waals surface area contributed by atoms with E-state index in [1.54, 1.807) is 56.3 Å². The lowest BCUT2D eigenvalue weighted by Crippen LogP contribution is -2.54. The molecule has 0 saturated carbocycles. The van der Waals surface area contributed by atoms with E-state index in [-0.39, 0.29) is 18.0 Å². The molecule has 29 heavy (non-hydrogen) atoms. The fourth-order valence-electron chi connectivity index (χ4n) is 2.93. The number of methoxy groups -OCH3 is 1. The van der Waals surface area contributed by atoms with E-state index in [9.17, 15) is 18.0 Å². The van der Waals surface area contributed by atoms with Crippen LogP contribution in [-0.2, 0) is 14.9 Å². The average Bonchev–Trinajstić information content (AvgIpc) is 2.67. The highest BCUT2D eigenvalue weighted by atomic mass is 32.2. The van der Waals surface area contributed by atoms with Crippen molar-refractivity contribution in [2.24, 2.45) is 0 Å². The number of para-hydroxylation sites is 1. The SMILES string of the molecule is COC(=O)Nc1cccc(OCN2c3ccccc3C(=O)N(C(C)C)S2(=O)=O)c1. The monoisotopic (exact) mass is 419 g/mol. The summed E-state index contributed by atoms with van der Waals surface area (Å²) in [5.41, 5.74) is 0.953. The zero-order valence-corrected chi connectivity index (χ0v) is 17.0. The first kappa shape index (κ1) is 20.5. The zero-order valence-electron chi connectivity index (χ0n) is 16.2. The molecule has 0 saturated heterocycles. The third kappa shape index (κ3) is 3.97. The van der Waals surface area contributed by atoms with Crippen molar-refractivity contribution in [2.75, 3.05) is 23.5 Å². The summed E-state index contributed by atoms with van der Waals surface area (Å²) in [7, 11) is -2.88. The minimum atomic E-state index is -4.13. The standard InChI is InChI=1S/C19H21N3O6S/c1-13(2)22-18(23)16-9-4-5-10-17(16)21(29(22,25)26)12-28-15-8-6-7-14(11-15)20-19(24)27-3/h4-11,13H,12H2,1-3H3,(H,20,24). The van der Waals surface area contributed by atoms with Gasteiger partial charge in [0, 0.05) is 17.8 Å². The Balaban J connectivity index is 1.90. The van der Waals surface area contributed by atoms with E-state index < -0.39 is 28.3 Å². The predicted octanol–water partition coefficient (Wildman–Crippen LogP) is 2.82. The Labute approximate surface area is 169 Å². The van der Waals surface area contributed by atoms with E-state index in [4.69, 9.17) is 4.74 Å². The van der Waals surface area contributed by atoms with Gasteiger partial charge in [0.25, 0.3) is 5.91 Å². The summed E-state index contributed by atoms with van der Waals surface area (Å²) < 4.78 is 38.3.